The molecule has 0 fully saturated rings. The summed E-state index contributed by atoms with van der Waals surface area (Å²) in [5.74, 6) is 0.00864. The zero-order valence-electron chi connectivity index (χ0n) is 11.0. The molecule has 2 aromatic carbocycles. The van der Waals surface area contributed by atoms with Crippen LogP contribution in [0.25, 0.3) is 22.0 Å². The molecule has 3 rings (SSSR count). The minimum absolute atomic E-state index is 0.00864. The number of benzene rings is 2. The number of hydrogen-bond donors (Lipinski definition) is 1. The molecular formula is C17H12N2O. The lowest BCUT2D eigenvalue weighted by molar-refractivity contribution is 0.473. The first-order chi connectivity index (χ1) is 9.67. The molecule has 0 spiro atoms. The summed E-state index contributed by atoms with van der Waals surface area (Å²) in [4.78, 5) is 4.47. The number of rotatable bonds is 1. The van der Waals surface area contributed by atoms with E-state index in [1.807, 2.05) is 43.3 Å². The van der Waals surface area contributed by atoms with Crippen LogP contribution in [0.2, 0.25) is 0 Å². The van der Waals surface area contributed by atoms with Crippen LogP contribution in [0.5, 0.6) is 5.75 Å². The summed E-state index contributed by atoms with van der Waals surface area (Å²) in [6.07, 6.45) is 0. The molecule has 0 saturated carbocycles. The molecule has 3 heteroatoms. The smallest absolute Gasteiger partial charge is 0.133 e. The maximum Gasteiger partial charge on any atom is 0.133 e. The van der Waals surface area contributed by atoms with E-state index >= 15 is 0 Å². The van der Waals surface area contributed by atoms with E-state index < -0.39 is 0 Å². The highest BCUT2D eigenvalue weighted by molar-refractivity contribution is 5.84. The van der Waals surface area contributed by atoms with Gasteiger partial charge in [-0.05, 0) is 48.4 Å². The molecule has 3 nitrogen and oxygen atoms in total. The minimum Gasteiger partial charge on any atom is -0.507 e. The van der Waals surface area contributed by atoms with E-state index in [-0.39, 0.29) is 11.3 Å². The van der Waals surface area contributed by atoms with Crippen LogP contribution in [0.4, 0.5) is 0 Å². The van der Waals surface area contributed by atoms with Crippen LogP contribution in [0.15, 0.2) is 48.5 Å². The molecule has 3 aromatic rings. The summed E-state index contributed by atoms with van der Waals surface area (Å²) in [5.41, 5.74) is 4.13. The standard InChI is InChI=1S/C17H12N2O/c1-11-2-3-14-8-12(4-6-16(14)19-11)13-5-7-17(20)15(9-13)10-18/h2-9,20H,1H3. The van der Waals surface area contributed by atoms with Crippen LogP contribution in [0, 0.1) is 18.3 Å². The number of phenols is 1. The summed E-state index contributed by atoms with van der Waals surface area (Å²) in [6, 6.07) is 17.0. The molecule has 1 heterocycles. The molecule has 1 aromatic heterocycles. The minimum atomic E-state index is 0.00864. The molecule has 0 aliphatic rings. The molecule has 0 atom stereocenters. The highest BCUT2D eigenvalue weighted by Gasteiger charge is 2.05. The molecule has 1 N–H and O–H groups in total. The van der Waals surface area contributed by atoms with Gasteiger partial charge in [-0.1, -0.05) is 18.2 Å². The van der Waals surface area contributed by atoms with Gasteiger partial charge in [0.2, 0.25) is 0 Å². The van der Waals surface area contributed by atoms with Crippen LogP contribution in [0.1, 0.15) is 11.3 Å². The quantitative estimate of drug-likeness (QED) is 0.724. The Labute approximate surface area is 116 Å². The fourth-order valence-corrected chi connectivity index (χ4v) is 2.21. The Morgan fingerprint density at radius 3 is 2.55 bits per heavy atom. The van der Waals surface area contributed by atoms with E-state index in [1.54, 1.807) is 18.2 Å². The van der Waals surface area contributed by atoms with E-state index in [2.05, 4.69) is 4.98 Å². The summed E-state index contributed by atoms with van der Waals surface area (Å²) < 4.78 is 0. The Morgan fingerprint density at radius 1 is 1.00 bits per heavy atom. The van der Waals surface area contributed by atoms with Gasteiger partial charge >= 0.3 is 0 Å². The van der Waals surface area contributed by atoms with Crippen molar-refractivity contribution in [2.75, 3.05) is 0 Å². The van der Waals surface area contributed by atoms with Gasteiger partial charge in [0.05, 0.1) is 11.1 Å². The number of hydrogen-bond acceptors (Lipinski definition) is 3. The highest BCUT2D eigenvalue weighted by Crippen LogP contribution is 2.27. The number of fused-ring (bicyclic) bond motifs is 1. The van der Waals surface area contributed by atoms with Crippen molar-refractivity contribution >= 4 is 10.9 Å². The summed E-state index contributed by atoms with van der Waals surface area (Å²) in [6.45, 7) is 1.96. The average molecular weight is 260 g/mol. The number of aromatic hydroxyl groups is 1. The lowest BCUT2D eigenvalue weighted by atomic mass is 10.0. The molecule has 0 amide bonds. The maximum absolute atomic E-state index is 9.55. The Bertz CT molecular complexity index is 847. The molecule has 0 unspecified atom stereocenters. The summed E-state index contributed by atoms with van der Waals surface area (Å²) in [7, 11) is 0. The second-order valence-corrected chi connectivity index (χ2v) is 4.70. The van der Waals surface area contributed by atoms with Crippen molar-refractivity contribution in [3.8, 4) is 22.9 Å². The first-order valence-electron chi connectivity index (χ1n) is 6.28. The average Bonchev–Trinajstić information content (AvgIpc) is 2.47. The van der Waals surface area contributed by atoms with Crippen molar-refractivity contribution in [3.05, 3.63) is 59.8 Å². The van der Waals surface area contributed by atoms with E-state index in [4.69, 9.17) is 5.26 Å². The van der Waals surface area contributed by atoms with Crippen LogP contribution in [-0.2, 0) is 0 Å². The van der Waals surface area contributed by atoms with Crippen molar-refractivity contribution in [1.82, 2.24) is 4.98 Å². The van der Waals surface area contributed by atoms with Gasteiger partial charge in [0, 0.05) is 11.1 Å². The van der Waals surface area contributed by atoms with E-state index in [0.717, 1.165) is 27.7 Å². The normalized spacial score (nSPS) is 10.4. The van der Waals surface area contributed by atoms with Crippen molar-refractivity contribution in [3.63, 3.8) is 0 Å². The van der Waals surface area contributed by atoms with Crippen molar-refractivity contribution in [2.45, 2.75) is 6.92 Å². The number of aromatic nitrogens is 1. The van der Waals surface area contributed by atoms with Crippen molar-refractivity contribution in [2.24, 2.45) is 0 Å². The second-order valence-electron chi connectivity index (χ2n) is 4.70. The summed E-state index contributed by atoms with van der Waals surface area (Å²) in [5, 5.41) is 19.6. The lowest BCUT2D eigenvalue weighted by Gasteiger charge is -2.06. The molecule has 20 heavy (non-hydrogen) atoms. The summed E-state index contributed by atoms with van der Waals surface area (Å²) >= 11 is 0. The first kappa shape index (κ1) is 12.2. The van der Waals surface area contributed by atoms with Crippen LogP contribution in [-0.4, -0.2) is 10.1 Å². The Hall–Kier alpha value is -2.86. The molecule has 0 bridgehead atoms. The van der Waals surface area contributed by atoms with Gasteiger partial charge in [0.15, 0.2) is 0 Å². The van der Waals surface area contributed by atoms with E-state index in [0.29, 0.717) is 0 Å². The van der Waals surface area contributed by atoms with Crippen LogP contribution in [0.3, 0.4) is 0 Å². The fraction of sp³-hybridized carbons (Fsp3) is 0.0588. The highest BCUT2D eigenvalue weighted by atomic mass is 16.3. The van der Waals surface area contributed by atoms with Gasteiger partial charge in [-0.3, -0.25) is 4.98 Å². The fourth-order valence-electron chi connectivity index (χ4n) is 2.21. The maximum atomic E-state index is 9.55. The number of nitriles is 1. The number of nitrogens with zero attached hydrogens (tertiary/aromatic N) is 2. The Morgan fingerprint density at radius 2 is 1.75 bits per heavy atom. The van der Waals surface area contributed by atoms with Gasteiger partial charge in [-0.15, -0.1) is 0 Å². The first-order valence-corrected chi connectivity index (χ1v) is 6.28. The second kappa shape index (κ2) is 4.67. The van der Waals surface area contributed by atoms with Gasteiger partial charge in [0.1, 0.15) is 11.8 Å². The van der Waals surface area contributed by atoms with Crippen molar-refractivity contribution < 1.29 is 5.11 Å². The number of pyridine rings is 1. The predicted molar refractivity (Wildman–Crippen MR) is 78.3 cm³/mol. The Balaban J connectivity index is 2.15. The molecule has 0 aliphatic heterocycles. The molecule has 96 valence electrons. The van der Waals surface area contributed by atoms with Gasteiger partial charge in [0.25, 0.3) is 0 Å². The number of phenolic OH excluding ortho intramolecular Hbond substituents is 1. The van der Waals surface area contributed by atoms with Gasteiger partial charge in [-0.25, -0.2) is 0 Å². The SMILES string of the molecule is Cc1ccc2cc(-c3ccc(O)c(C#N)c3)ccc2n1. The monoisotopic (exact) mass is 260 g/mol. The van der Waals surface area contributed by atoms with Crippen molar-refractivity contribution in [1.29, 1.82) is 5.26 Å². The molecule has 0 saturated heterocycles. The van der Waals surface area contributed by atoms with Crippen LogP contribution >= 0.6 is 0 Å². The lowest BCUT2D eigenvalue weighted by Crippen LogP contribution is -1.85. The Kier molecular flexibility index (Phi) is 2.85. The molecule has 0 aliphatic carbocycles. The number of aryl methyl sites for hydroxylation is 1. The van der Waals surface area contributed by atoms with E-state index in [1.165, 1.54) is 0 Å². The topological polar surface area (TPSA) is 56.9 Å². The zero-order valence-corrected chi connectivity index (χ0v) is 11.0. The molecular weight excluding hydrogens is 248 g/mol. The predicted octanol–water partition coefficient (Wildman–Crippen LogP) is 3.79. The van der Waals surface area contributed by atoms with Gasteiger partial charge in [-0.2, -0.15) is 5.26 Å². The third-order valence-electron chi connectivity index (χ3n) is 3.28. The third kappa shape index (κ3) is 2.08. The zero-order chi connectivity index (χ0) is 14.1. The van der Waals surface area contributed by atoms with Crippen LogP contribution < -0.4 is 0 Å². The van der Waals surface area contributed by atoms with E-state index in [9.17, 15) is 5.11 Å². The molecule has 0 radical (unpaired) electrons. The third-order valence-corrected chi connectivity index (χ3v) is 3.28. The largest absolute Gasteiger partial charge is 0.507 e. The van der Waals surface area contributed by atoms with Gasteiger partial charge < -0.3 is 5.11 Å².